The smallest absolute Gasteiger partial charge is 0.274 e. The fourth-order valence-electron chi connectivity index (χ4n) is 2.33. The molecule has 9 heteroatoms. The van der Waals surface area contributed by atoms with Gasteiger partial charge in [0.05, 0.1) is 19.1 Å². The molecule has 0 bridgehead atoms. The minimum Gasteiger partial charge on any atom is -0.346 e. The summed E-state index contributed by atoms with van der Waals surface area (Å²) in [5.74, 6) is -1.37. The van der Waals surface area contributed by atoms with Gasteiger partial charge in [0, 0.05) is 6.20 Å². The molecule has 1 aromatic carbocycles. The Morgan fingerprint density at radius 1 is 1.18 bits per heavy atom. The number of rotatable bonds is 7. The van der Waals surface area contributed by atoms with Crippen molar-refractivity contribution in [1.29, 1.82) is 0 Å². The number of nitrogens with one attached hydrogen (secondary N) is 2. The molecule has 7 nitrogen and oxygen atoms in total. The summed E-state index contributed by atoms with van der Waals surface area (Å²) in [6, 6.07) is 8.19. The lowest BCUT2D eigenvalue weighted by Gasteiger charge is -2.15. The molecule has 0 aliphatic carbocycles. The van der Waals surface area contributed by atoms with Crippen molar-refractivity contribution in [3.8, 4) is 0 Å². The number of amides is 2. The first-order chi connectivity index (χ1) is 12.8. The normalized spacial score (nSPS) is 11.5. The van der Waals surface area contributed by atoms with Crippen LogP contribution in [-0.4, -0.2) is 29.0 Å². The molecule has 0 radical (unpaired) electrons. The first-order valence-electron chi connectivity index (χ1n) is 8.55. The van der Waals surface area contributed by atoms with Crippen molar-refractivity contribution in [1.82, 2.24) is 9.88 Å². The number of hydrogen-bond acceptors (Lipinski definition) is 4. The van der Waals surface area contributed by atoms with Crippen molar-refractivity contribution in [2.45, 2.75) is 26.4 Å². The van der Waals surface area contributed by atoms with Gasteiger partial charge in [0.15, 0.2) is 0 Å². The van der Waals surface area contributed by atoms with Crippen molar-refractivity contribution in [3.63, 3.8) is 0 Å². The van der Waals surface area contributed by atoms with Gasteiger partial charge in [-0.25, -0.2) is 4.39 Å². The summed E-state index contributed by atoms with van der Waals surface area (Å²) in [7, 11) is 0. The Morgan fingerprint density at radius 3 is 2.43 bits per heavy atom. The third-order valence-electron chi connectivity index (χ3n) is 4.00. The zero-order chi connectivity index (χ0) is 20.0. The Hall–Kier alpha value is -2.71. The molecular formula is C19H24ClFN4O3. The highest BCUT2D eigenvalue weighted by Gasteiger charge is 2.18. The molecular weight excluding hydrogens is 387 g/mol. The number of carbonyl (C=O) groups is 2. The van der Waals surface area contributed by atoms with Crippen LogP contribution >= 0.6 is 12.4 Å². The Morgan fingerprint density at radius 2 is 1.82 bits per heavy atom. The maximum atomic E-state index is 13.0. The second kappa shape index (κ2) is 10.6. The topological polar surface area (TPSA) is 106 Å². The molecule has 1 aromatic heterocycles. The van der Waals surface area contributed by atoms with Crippen molar-refractivity contribution in [2.75, 3.05) is 11.9 Å². The number of aromatic nitrogens is 1. The second-order valence-electron chi connectivity index (χ2n) is 6.52. The maximum absolute atomic E-state index is 13.0. The predicted molar refractivity (Wildman–Crippen MR) is 108 cm³/mol. The molecule has 0 aliphatic heterocycles. The summed E-state index contributed by atoms with van der Waals surface area (Å²) in [6.45, 7) is 3.56. The first-order valence-corrected chi connectivity index (χ1v) is 8.55. The molecule has 28 heavy (non-hydrogen) atoms. The maximum Gasteiger partial charge on any atom is 0.274 e. The Labute approximate surface area is 168 Å². The van der Waals surface area contributed by atoms with E-state index in [0.717, 1.165) is 5.56 Å². The largest absolute Gasteiger partial charge is 0.346 e. The number of halogens is 2. The van der Waals surface area contributed by atoms with E-state index in [4.69, 9.17) is 5.73 Å². The first kappa shape index (κ1) is 23.3. The van der Waals surface area contributed by atoms with E-state index in [0.29, 0.717) is 0 Å². The number of nitrogens with two attached hydrogens (primary N) is 1. The predicted octanol–water partition coefficient (Wildman–Crippen LogP) is 1.50. The highest BCUT2D eigenvalue weighted by atomic mass is 35.5. The van der Waals surface area contributed by atoms with E-state index < -0.39 is 23.4 Å². The summed E-state index contributed by atoms with van der Waals surface area (Å²) in [5.41, 5.74) is 6.14. The van der Waals surface area contributed by atoms with E-state index in [1.165, 1.54) is 22.8 Å². The quantitative estimate of drug-likeness (QED) is 0.643. The van der Waals surface area contributed by atoms with E-state index in [1.807, 2.05) is 0 Å². The van der Waals surface area contributed by atoms with E-state index in [1.54, 1.807) is 38.2 Å². The molecule has 0 saturated heterocycles. The van der Waals surface area contributed by atoms with Gasteiger partial charge >= 0.3 is 0 Å². The van der Waals surface area contributed by atoms with Crippen molar-refractivity contribution >= 4 is 29.9 Å². The van der Waals surface area contributed by atoms with Crippen LogP contribution in [0.15, 0.2) is 47.4 Å². The standard InChI is InChI=1S/C19H23FN4O3.ClH/c1-12(2)17(21)18(26)22-10-16(25)23-15-4-3-9-24(19(15)27)11-13-5-7-14(20)8-6-13;/h3-9,12,17H,10-11,21H2,1-2H3,(H,22,26)(H,23,25);1H/t17-;/m0./s1. The third-order valence-corrected chi connectivity index (χ3v) is 4.00. The molecule has 1 heterocycles. The van der Waals surface area contributed by atoms with Crippen LogP contribution in [0.4, 0.5) is 10.1 Å². The van der Waals surface area contributed by atoms with Crippen molar-refractivity contribution < 1.29 is 14.0 Å². The molecule has 2 amide bonds. The number of carbonyl (C=O) groups excluding carboxylic acids is 2. The summed E-state index contributed by atoms with van der Waals surface area (Å²) < 4.78 is 14.4. The molecule has 1 atom stereocenters. The highest BCUT2D eigenvalue weighted by molar-refractivity contribution is 5.95. The number of pyridine rings is 1. The highest BCUT2D eigenvalue weighted by Crippen LogP contribution is 2.06. The van der Waals surface area contributed by atoms with Gasteiger partial charge in [0.2, 0.25) is 11.8 Å². The van der Waals surface area contributed by atoms with E-state index in [-0.39, 0.29) is 42.9 Å². The lowest BCUT2D eigenvalue weighted by atomic mass is 10.1. The van der Waals surface area contributed by atoms with E-state index in [2.05, 4.69) is 10.6 Å². The molecule has 0 saturated carbocycles. The lowest BCUT2D eigenvalue weighted by molar-refractivity contribution is -0.125. The minimum atomic E-state index is -0.706. The van der Waals surface area contributed by atoms with Gasteiger partial charge in [-0.05, 0) is 35.7 Å². The van der Waals surface area contributed by atoms with Gasteiger partial charge in [-0.1, -0.05) is 26.0 Å². The zero-order valence-electron chi connectivity index (χ0n) is 15.6. The van der Waals surface area contributed by atoms with Crippen LogP contribution in [0.3, 0.4) is 0 Å². The van der Waals surface area contributed by atoms with Crippen molar-refractivity contribution in [2.24, 2.45) is 11.7 Å². The Balaban J connectivity index is 0.00000392. The average molecular weight is 411 g/mol. The van der Waals surface area contributed by atoms with Crippen LogP contribution < -0.4 is 21.9 Å². The minimum absolute atomic E-state index is 0. The van der Waals surface area contributed by atoms with Crippen LogP contribution in [0.1, 0.15) is 19.4 Å². The summed E-state index contributed by atoms with van der Waals surface area (Å²) in [4.78, 5) is 36.3. The zero-order valence-corrected chi connectivity index (χ0v) is 16.5. The SMILES string of the molecule is CC(C)[C@H](N)C(=O)NCC(=O)Nc1cccn(Cc2ccc(F)cc2)c1=O.Cl. The van der Waals surface area contributed by atoms with Gasteiger partial charge in [0.25, 0.3) is 5.56 Å². The molecule has 0 aliphatic rings. The lowest BCUT2D eigenvalue weighted by Crippen LogP contribution is -2.46. The Kier molecular flexibility index (Phi) is 8.81. The molecule has 0 spiro atoms. The summed E-state index contributed by atoms with van der Waals surface area (Å²) in [5, 5.41) is 4.92. The van der Waals surface area contributed by atoms with E-state index >= 15 is 0 Å². The molecule has 152 valence electrons. The van der Waals surface area contributed by atoms with Gasteiger partial charge in [-0.2, -0.15) is 0 Å². The summed E-state index contributed by atoms with van der Waals surface area (Å²) >= 11 is 0. The molecule has 4 N–H and O–H groups in total. The number of hydrogen-bond donors (Lipinski definition) is 3. The number of nitrogens with zero attached hydrogens (tertiary/aromatic N) is 1. The molecule has 2 aromatic rings. The van der Waals surface area contributed by atoms with Gasteiger partial charge < -0.3 is 20.9 Å². The molecule has 0 fully saturated rings. The third kappa shape index (κ3) is 6.47. The molecule has 2 rings (SSSR count). The van der Waals surface area contributed by atoms with Crippen LogP contribution in [0.5, 0.6) is 0 Å². The Bertz CT molecular complexity index is 868. The van der Waals surface area contributed by atoms with Crippen LogP contribution in [-0.2, 0) is 16.1 Å². The monoisotopic (exact) mass is 410 g/mol. The number of benzene rings is 1. The van der Waals surface area contributed by atoms with Gasteiger partial charge in [-0.15, -0.1) is 12.4 Å². The van der Waals surface area contributed by atoms with Gasteiger partial charge in [-0.3, -0.25) is 14.4 Å². The second-order valence-corrected chi connectivity index (χ2v) is 6.52. The van der Waals surface area contributed by atoms with E-state index in [9.17, 15) is 18.8 Å². The fraction of sp³-hybridized carbons (Fsp3) is 0.316. The van der Waals surface area contributed by atoms with Crippen LogP contribution in [0, 0.1) is 11.7 Å². The molecule has 0 unspecified atom stereocenters. The number of anilines is 1. The van der Waals surface area contributed by atoms with Gasteiger partial charge in [0.1, 0.15) is 11.5 Å². The van der Waals surface area contributed by atoms with Crippen LogP contribution in [0.25, 0.3) is 0 Å². The summed E-state index contributed by atoms with van der Waals surface area (Å²) in [6.07, 6.45) is 1.57. The fourth-order valence-corrected chi connectivity index (χ4v) is 2.33. The van der Waals surface area contributed by atoms with Crippen molar-refractivity contribution in [3.05, 3.63) is 64.3 Å². The average Bonchev–Trinajstić information content (AvgIpc) is 2.64. The van der Waals surface area contributed by atoms with Crippen LogP contribution in [0.2, 0.25) is 0 Å².